The predicted octanol–water partition coefficient (Wildman–Crippen LogP) is 2.38. The molecule has 4 heterocycles. The summed E-state index contributed by atoms with van der Waals surface area (Å²) in [6.07, 6.45) is 0.477. The highest BCUT2D eigenvalue weighted by Gasteiger charge is 2.33. The zero-order valence-electron chi connectivity index (χ0n) is 20.2. The number of amides is 2. The molecule has 0 radical (unpaired) electrons. The first-order valence-electron chi connectivity index (χ1n) is 11.8. The Balaban J connectivity index is 1.62. The average molecular weight is 496 g/mol. The maximum absolute atomic E-state index is 13.8. The van der Waals surface area contributed by atoms with Crippen molar-refractivity contribution in [3.05, 3.63) is 47.2 Å². The minimum absolute atomic E-state index is 0.00805. The smallest absolute Gasteiger partial charge is 0.254 e. The quantitative estimate of drug-likeness (QED) is 0.552. The van der Waals surface area contributed by atoms with Gasteiger partial charge in [-0.2, -0.15) is 5.10 Å². The molecule has 2 aliphatic heterocycles. The Labute approximate surface area is 204 Å². The molecule has 1 aromatic carbocycles. The van der Waals surface area contributed by atoms with Crippen LogP contribution in [0.3, 0.4) is 0 Å². The number of rotatable bonds is 3. The van der Waals surface area contributed by atoms with E-state index in [2.05, 4.69) is 5.10 Å². The van der Waals surface area contributed by atoms with Crippen LogP contribution in [0.2, 0.25) is 0 Å². The molecule has 35 heavy (non-hydrogen) atoms. The van der Waals surface area contributed by atoms with Crippen LogP contribution in [0.1, 0.15) is 41.0 Å². The van der Waals surface area contributed by atoms with E-state index in [0.717, 1.165) is 11.1 Å². The van der Waals surface area contributed by atoms with Gasteiger partial charge in [0.2, 0.25) is 5.91 Å². The van der Waals surface area contributed by atoms with Crippen LogP contribution in [0.5, 0.6) is 0 Å². The molecule has 1 atom stereocenters. The fourth-order valence-corrected chi connectivity index (χ4v) is 6.66. The number of pyridine rings is 1. The molecular weight excluding hydrogens is 466 g/mol. The van der Waals surface area contributed by atoms with Gasteiger partial charge in [0.15, 0.2) is 15.5 Å². The van der Waals surface area contributed by atoms with Gasteiger partial charge in [0, 0.05) is 38.7 Å². The highest BCUT2D eigenvalue weighted by molar-refractivity contribution is 7.91. The second-order valence-electron chi connectivity index (χ2n) is 9.50. The fraction of sp³-hybridized carbons (Fsp3) is 0.440. The lowest BCUT2D eigenvalue weighted by Gasteiger charge is -2.34. The van der Waals surface area contributed by atoms with Crippen molar-refractivity contribution in [2.24, 2.45) is 0 Å². The van der Waals surface area contributed by atoms with Crippen LogP contribution in [0.4, 0.5) is 0 Å². The topological polar surface area (TPSA) is 105 Å². The summed E-state index contributed by atoms with van der Waals surface area (Å²) in [6, 6.07) is 9.44. The molecule has 1 unspecified atom stereocenters. The molecule has 0 aliphatic carbocycles. The van der Waals surface area contributed by atoms with Crippen LogP contribution in [0, 0.1) is 13.8 Å². The first-order valence-corrected chi connectivity index (χ1v) is 13.7. The predicted molar refractivity (Wildman–Crippen MR) is 133 cm³/mol. The number of aryl methyl sites for hydroxylation is 2. The Morgan fingerprint density at radius 3 is 2.26 bits per heavy atom. The van der Waals surface area contributed by atoms with Gasteiger partial charge in [0.25, 0.3) is 5.91 Å². The molecule has 0 spiro atoms. The van der Waals surface area contributed by atoms with Crippen molar-refractivity contribution in [3.8, 4) is 11.3 Å². The van der Waals surface area contributed by atoms with Crippen LogP contribution in [0.25, 0.3) is 22.3 Å². The molecule has 9 nitrogen and oxygen atoms in total. The van der Waals surface area contributed by atoms with Gasteiger partial charge in [0.05, 0.1) is 39.9 Å². The summed E-state index contributed by atoms with van der Waals surface area (Å²) < 4.78 is 26.1. The van der Waals surface area contributed by atoms with Gasteiger partial charge < -0.3 is 9.80 Å². The van der Waals surface area contributed by atoms with E-state index >= 15 is 0 Å². The van der Waals surface area contributed by atoms with Crippen molar-refractivity contribution >= 4 is 32.7 Å². The molecule has 184 valence electrons. The van der Waals surface area contributed by atoms with E-state index in [1.807, 2.05) is 44.2 Å². The third-order valence-corrected chi connectivity index (χ3v) is 8.73. The molecule has 3 aromatic rings. The van der Waals surface area contributed by atoms with Crippen molar-refractivity contribution < 1.29 is 18.0 Å². The van der Waals surface area contributed by atoms with Crippen LogP contribution in [-0.4, -0.2) is 82.5 Å². The molecule has 0 saturated carbocycles. The van der Waals surface area contributed by atoms with Crippen molar-refractivity contribution in [3.63, 3.8) is 0 Å². The molecule has 2 amide bonds. The number of carbonyl (C=O) groups excluding carboxylic acids is 2. The number of sulfone groups is 1. The lowest BCUT2D eigenvalue weighted by Crippen LogP contribution is -2.50. The number of hydrogen-bond acceptors (Lipinski definition) is 6. The standard InChI is InChI=1S/C25H29N5O4S/c1-16-4-6-19(7-5-16)22-14-21(25(32)29-11-9-28(10-12-29)18(3)31)23-17(2)27-30(24(23)26-22)20-8-13-35(33,34)15-20/h4-7,14,20H,8-13,15H2,1-3H3. The summed E-state index contributed by atoms with van der Waals surface area (Å²) in [7, 11) is -3.12. The SMILES string of the molecule is CC(=O)N1CCN(C(=O)c2cc(-c3ccc(C)cc3)nc3c2c(C)nn3C2CCS(=O)(=O)C2)CC1. The largest absolute Gasteiger partial charge is 0.339 e. The number of piperazine rings is 1. The monoisotopic (exact) mass is 495 g/mol. The highest BCUT2D eigenvalue weighted by Crippen LogP contribution is 2.32. The summed E-state index contributed by atoms with van der Waals surface area (Å²) in [4.78, 5) is 33.9. The van der Waals surface area contributed by atoms with Crippen molar-refractivity contribution in [1.82, 2.24) is 24.6 Å². The minimum Gasteiger partial charge on any atom is -0.339 e. The first kappa shape index (κ1) is 23.5. The summed E-state index contributed by atoms with van der Waals surface area (Å²) in [5.74, 6) is 0.0297. The van der Waals surface area contributed by atoms with Gasteiger partial charge in [-0.25, -0.2) is 18.1 Å². The Hall–Kier alpha value is -3.27. The molecule has 5 rings (SSSR count). The van der Waals surface area contributed by atoms with Crippen LogP contribution in [0.15, 0.2) is 30.3 Å². The second kappa shape index (κ2) is 8.75. The Morgan fingerprint density at radius 2 is 1.66 bits per heavy atom. The number of hydrogen-bond donors (Lipinski definition) is 0. The number of carbonyl (C=O) groups is 2. The lowest BCUT2D eigenvalue weighted by atomic mass is 10.0. The molecule has 0 N–H and O–H groups in total. The molecular formula is C25H29N5O4S. The van der Waals surface area contributed by atoms with E-state index in [1.54, 1.807) is 21.4 Å². The molecule has 2 fully saturated rings. The molecule has 2 aliphatic rings. The molecule has 2 saturated heterocycles. The number of aromatic nitrogens is 3. The van der Waals surface area contributed by atoms with E-state index in [9.17, 15) is 18.0 Å². The van der Waals surface area contributed by atoms with Gasteiger partial charge in [-0.1, -0.05) is 29.8 Å². The molecule has 10 heteroatoms. The zero-order valence-corrected chi connectivity index (χ0v) is 21.0. The van der Waals surface area contributed by atoms with Gasteiger partial charge >= 0.3 is 0 Å². The number of benzene rings is 1. The van der Waals surface area contributed by atoms with Gasteiger partial charge in [-0.05, 0) is 26.3 Å². The van der Waals surface area contributed by atoms with E-state index in [4.69, 9.17) is 4.98 Å². The fourth-order valence-electron chi connectivity index (χ4n) is 4.97. The Morgan fingerprint density at radius 1 is 1.00 bits per heavy atom. The maximum atomic E-state index is 13.8. The Kier molecular flexibility index (Phi) is 5.86. The summed E-state index contributed by atoms with van der Waals surface area (Å²) >= 11 is 0. The first-order chi connectivity index (χ1) is 16.6. The van der Waals surface area contributed by atoms with Crippen molar-refractivity contribution in [2.75, 3.05) is 37.7 Å². The van der Waals surface area contributed by atoms with E-state index in [0.29, 0.717) is 60.6 Å². The van der Waals surface area contributed by atoms with E-state index in [1.165, 1.54) is 0 Å². The Bertz CT molecular complexity index is 1420. The molecule has 2 aromatic heterocycles. The summed E-state index contributed by atoms with van der Waals surface area (Å²) in [5.41, 5.74) is 4.33. The van der Waals surface area contributed by atoms with Crippen LogP contribution < -0.4 is 0 Å². The summed E-state index contributed by atoms with van der Waals surface area (Å²) in [5, 5.41) is 5.33. The van der Waals surface area contributed by atoms with Crippen molar-refractivity contribution in [1.29, 1.82) is 0 Å². The number of fused-ring (bicyclic) bond motifs is 1. The van der Waals surface area contributed by atoms with Gasteiger partial charge in [0.1, 0.15) is 0 Å². The van der Waals surface area contributed by atoms with E-state index in [-0.39, 0.29) is 29.4 Å². The zero-order chi connectivity index (χ0) is 24.9. The molecule has 0 bridgehead atoms. The summed E-state index contributed by atoms with van der Waals surface area (Å²) in [6.45, 7) is 7.29. The average Bonchev–Trinajstić information content (AvgIpc) is 3.37. The minimum atomic E-state index is -3.12. The second-order valence-corrected chi connectivity index (χ2v) is 11.7. The maximum Gasteiger partial charge on any atom is 0.254 e. The van der Waals surface area contributed by atoms with E-state index < -0.39 is 9.84 Å². The van der Waals surface area contributed by atoms with Crippen molar-refractivity contribution in [2.45, 2.75) is 33.2 Å². The third-order valence-electron chi connectivity index (χ3n) is 6.98. The van der Waals surface area contributed by atoms with Gasteiger partial charge in [-0.15, -0.1) is 0 Å². The van der Waals surface area contributed by atoms with Gasteiger partial charge in [-0.3, -0.25) is 9.59 Å². The number of nitrogens with zero attached hydrogens (tertiary/aromatic N) is 5. The highest BCUT2D eigenvalue weighted by atomic mass is 32.2. The van der Waals surface area contributed by atoms with Crippen LogP contribution in [-0.2, 0) is 14.6 Å². The third kappa shape index (κ3) is 4.42. The lowest BCUT2D eigenvalue weighted by molar-refractivity contribution is -0.130. The van der Waals surface area contributed by atoms with Crippen LogP contribution >= 0.6 is 0 Å². The normalized spacial score (nSPS) is 19.9.